The van der Waals surface area contributed by atoms with Gasteiger partial charge >= 0.3 is 0 Å². The highest BCUT2D eigenvalue weighted by Crippen LogP contribution is 2.35. The van der Waals surface area contributed by atoms with E-state index in [-0.39, 0.29) is 24.0 Å². The molecule has 1 saturated heterocycles. The Kier molecular flexibility index (Phi) is 9.10. The van der Waals surface area contributed by atoms with Crippen LogP contribution in [0.5, 0.6) is 5.88 Å². The molecule has 5 heterocycles. The van der Waals surface area contributed by atoms with Crippen molar-refractivity contribution in [2.45, 2.75) is 26.4 Å². The van der Waals surface area contributed by atoms with Crippen LogP contribution in [0.15, 0.2) is 43.0 Å². The van der Waals surface area contributed by atoms with Gasteiger partial charge in [-0.15, -0.1) is 11.3 Å². The fraction of sp³-hybridized carbons (Fsp3) is 0.370. The number of carbonyl (C=O) groups excluding carboxylic acids is 2. The summed E-state index contributed by atoms with van der Waals surface area (Å²) in [6.07, 6.45) is 6.62. The second-order valence-corrected chi connectivity index (χ2v) is 10.7. The van der Waals surface area contributed by atoms with Crippen molar-refractivity contribution < 1.29 is 24.2 Å². The minimum Gasteiger partial charge on any atom is -0.481 e. The first-order valence-electron chi connectivity index (χ1n) is 12.6. The molecule has 1 aliphatic heterocycles. The molecule has 212 valence electrons. The molecule has 12 nitrogen and oxygen atoms in total. The van der Waals surface area contributed by atoms with Crippen molar-refractivity contribution >= 4 is 39.4 Å². The molecule has 0 atom stereocenters. The van der Waals surface area contributed by atoms with Crippen molar-refractivity contribution in [3.8, 4) is 16.3 Å². The quantitative estimate of drug-likeness (QED) is 0.307. The first-order valence-corrected chi connectivity index (χ1v) is 13.4. The molecule has 5 rings (SSSR count). The summed E-state index contributed by atoms with van der Waals surface area (Å²) in [7, 11) is 2.57. The minimum atomic E-state index is -0.324. The van der Waals surface area contributed by atoms with E-state index < -0.39 is 0 Å². The topological polar surface area (TPSA) is 143 Å². The number of pyridine rings is 2. The van der Waals surface area contributed by atoms with Crippen LogP contribution in [0.3, 0.4) is 0 Å². The van der Waals surface area contributed by atoms with Gasteiger partial charge in [0.2, 0.25) is 11.8 Å². The Morgan fingerprint density at radius 3 is 2.77 bits per heavy atom. The predicted octanol–water partition coefficient (Wildman–Crippen LogP) is 3.08. The van der Waals surface area contributed by atoms with Crippen LogP contribution in [-0.2, 0) is 9.53 Å². The summed E-state index contributed by atoms with van der Waals surface area (Å²) < 4.78 is 12.8. The lowest BCUT2D eigenvalue weighted by molar-refractivity contribution is -0.122. The van der Waals surface area contributed by atoms with Gasteiger partial charge in [-0.3, -0.25) is 19.5 Å². The van der Waals surface area contributed by atoms with Crippen molar-refractivity contribution in [2.75, 3.05) is 51.1 Å². The summed E-state index contributed by atoms with van der Waals surface area (Å²) in [5, 5.41) is 17.2. The molecular weight excluding hydrogens is 534 g/mol. The zero-order valence-electron chi connectivity index (χ0n) is 23.1. The van der Waals surface area contributed by atoms with Gasteiger partial charge in [-0.25, -0.2) is 9.50 Å². The fourth-order valence-corrected chi connectivity index (χ4v) is 5.45. The SMILES string of the molecule is CO.COc1ncccc1-c1cn2ncc(C(=O)Nc3cc(NC(=O)CN4CCOC(C)(C)C4)cnc3C)c2s1. The van der Waals surface area contributed by atoms with Crippen LogP contribution in [-0.4, -0.2) is 87.5 Å². The molecule has 0 unspecified atom stereocenters. The van der Waals surface area contributed by atoms with E-state index in [1.807, 2.05) is 32.2 Å². The van der Waals surface area contributed by atoms with Crippen LogP contribution in [0.25, 0.3) is 15.3 Å². The van der Waals surface area contributed by atoms with Gasteiger partial charge in [0.05, 0.1) is 71.3 Å². The Morgan fingerprint density at radius 1 is 1.23 bits per heavy atom. The molecule has 40 heavy (non-hydrogen) atoms. The van der Waals surface area contributed by atoms with Crippen molar-refractivity contribution in [2.24, 2.45) is 0 Å². The minimum absolute atomic E-state index is 0.152. The predicted molar refractivity (Wildman–Crippen MR) is 153 cm³/mol. The Balaban J connectivity index is 0.00000181. The zero-order valence-corrected chi connectivity index (χ0v) is 23.9. The molecule has 0 saturated carbocycles. The molecule has 1 aliphatic rings. The highest BCUT2D eigenvalue weighted by molar-refractivity contribution is 7.21. The third kappa shape index (κ3) is 6.62. The number of morpholine rings is 1. The monoisotopic (exact) mass is 567 g/mol. The number of aromatic nitrogens is 4. The van der Waals surface area contributed by atoms with Gasteiger partial charge in [0, 0.05) is 32.6 Å². The smallest absolute Gasteiger partial charge is 0.260 e. The lowest BCUT2D eigenvalue weighted by atomic mass is 10.1. The molecule has 0 aromatic carbocycles. The lowest BCUT2D eigenvalue weighted by Gasteiger charge is -2.37. The van der Waals surface area contributed by atoms with Crippen molar-refractivity contribution in [1.29, 1.82) is 0 Å². The van der Waals surface area contributed by atoms with E-state index in [1.54, 1.807) is 37.0 Å². The second kappa shape index (κ2) is 12.5. The number of hydrogen-bond acceptors (Lipinski definition) is 10. The number of ether oxygens (including phenoxy) is 2. The van der Waals surface area contributed by atoms with Gasteiger partial charge in [-0.05, 0) is 39.0 Å². The summed E-state index contributed by atoms with van der Waals surface area (Å²) in [5.74, 6) is 0.0253. The average molecular weight is 568 g/mol. The summed E-state index contributed by atoms with van der Waals surface area (Å²) in [4.78, 5) is 38.1. The number of aryl methyl sites for hydroxylation is 1. The number of aliphatic hydroxyl groups excluding tert-OH is 1. The molecule has 13 heteroatoms. The van der Waals surface area contributed by atoms with E-state index in [0.29, 0.717) is 53.0 Å². The van der Waals surface area contributed by atoms with E-state index in [2.05, 4.69) is 30.6 Å². The van der Waals surface area contributed by atoms with Crippen LogP contribution in [0.1, 0.15) is 29.9 Å². The van der Waals surface area contributed by atoms with E-state index in [9.17, 15) is 9.59 Å². The van der Waals surface area contributed by atoms with Gasteiger partial charge in [-0.1, -0.05) is 0 Å². The zero-order chi connectivity index (χ0) is 28.9. The number of rotatable bonds is 7. The number of anilines is 2. The van der Waals surface area contributed by atoms with Gasteiger partial charge in [-0.2, -0.15) is 5.10 Å². The molecule has 3 N–H and O–H groups in total. The third-order valence-corrected chi connectivity index (χ3v) is 7.31. The Bertz CT molecular complexity index is 1500. The molecule has 4 aromatic heterocycles. The van der Waals surface area contributed by atoms with Crippen LogP contribution in [0.4, 0.5) is 11.4 Å². The Hall–Kier alpha value is -3.91. The summed E-state index contributed by atoms with van der Waals surface area (Å²) in [6.45, 7) is 8.02. The maximum atomic E-state index is 13.2. The number of carbonyl (C=O) groups is 2. The first-order chi connectivity index (χ1) is 19.2. The highest BCUT2D eigenvalue weighted by Gasteiger charge is 2.28. The molecular formula is C27H33N7O5S. The molecule has 0 aliphatic carbocycles. The van der Waals surface area contributed by atoms with E-state index in [4.69, 9.17) is 14.6 Å². The largest absolute Gasteiger partial charge is 0.481 e. The Morgan fingerprint density at radius 2 is 2.02 bits per heavy atom. The molecule has 0 bridgehead atoms. The maximum Gasteiger partial charge on any atom is 0.260 e. The Labute approximate surface area is 236 Å². The van der Waals surface area contributed by atoms with Gasteiger partial charge < -0.3 is 25.2 Å². The average Bonchev–Trinajstić information content (AvgIpc) is 3.52. The first kappa shape index (κ1) is 29.1. The van der Waals surface area contributed by atoms with E-state index in [1.165, 1.54) is 17.5 Å². The number of thiazole rings is 1. The number of amides is 2. The van der Waals surface area contributed by atoms with Crippen LogP contribution in [0.2, 0.25) is 0 Å². The van der Waals surface area contributed by atoms with Gasteiger partial charge in [0.25, 0.3) is 5.91 Å². The number of methoxy groups -OCH3 is 1. The van der Waals surface area contributed by atoms with Crippen LogP contribution in [0, 0.1) is 6.92 Å². The third-order valence-electron chi connectivity index (χ3n) is 6.16. The number of nitrogens with one attached hydrogen (secondary N) is 2. The number of nitrogens with zero attached hydrogens (tertiary/aromatic N) is 5. The molecule has 4 aromatic rings. The molecule has 0 radical (unpaired) electrons. The summed E-state index contributed by atoms with van der Waals surface area (Å²) in [5.41, 5.74) is 2.60. The lowest BCUT2D eigenvalue weighted by Crippen LogP contribution is -2.50. The standard InChI is InChI=1S/C26H29N7O4S.CH4O/c1-16-20(10-17(11-28-16)30-22(34)14-32-8-9-37-26(2,3)15-32)31-23(35)19-12-29-33-13-21(38-25(19)33)18-6-5-7-27-24(18)36-4;1-2/h5-7,10-13H,8-9,14-15H2,1-4H3,(H,30,34)(H,31,35);2H,1H3. The van der Waals surface area contributed by atoms with Crippen molar-refractivity contribution in [3.05, 3.63) is 54.2 Å². The fourth-order valence-electron chi connectivity index (χ4n) is 4.38. The normalized spacial score (nSPS) is 14.8. The maximum absolute atomic E-state index is 13.2. The van der Waals surface area contributed by atoms with E-state index in [0.717, 1.165) is 17.6 Å². The highest BCUT2D eigenvalue weighted by atomic mass is 32.1. The van der Waals surface area contributed by atoms with E-state index >= 15 is 0 Å². The van der Waals surface area contributed by atoms with Crippen molar-refractivity contribution in [3.63, 3.8) is 0 Å². The van der Waals surface area contributed by atoms with Crippen LogP contribution >= 0.6 is 11.3 Å². The summed E-state index contributed by atoms with van der Waals surface area (Å²) >= 11 is 1.42. The number of fused-ring (bicyclic) bond motifs is 1. The van der Waals surface area contributed by atoms with Crippen molar-refractivity contribution in [1.82, 2.24) is 24.5 Å². The second-order valence-electron chi connectivity index (χ2n) is 9.64. The molecule has 0 spiro atoms. The summed E-state index contributed by atoms with van der Waals surface area (Å²) in [6, 6.07) is 5.45. The van der Waals surface area contributed by atoms with Gasteiger partial charge in [0.15, 0.2) is 0 Å². The van der Waals surface area contributed by atoms with Gasteiger partial charge in [0.1, 0.15) is 4.83 Å². The van der Waals surface area contributed by atoms with Crippen LogP contribution < -0.4 is 15.4 Å². The number of hydrogen-bond donors (Lipinski definition) is 3. The number of aliphatic hydroxyl groups is 1. The molecule has 1 fully saturated rings. The molecule has 2 amide bonds.